The maximum absolute atomic E-state index is 4.39. The average molecular weight is 236 g/mol. The van der Waals surface area contributed by atoms with E-state index in [0.717, 1.165) is 31.9 Å². The number of aromatic nitrogens is 2. The fourth-order valence-electron chi connectivity index (χ4n) is 2.40. The van der Waals surface area contributed by atoms with Gasteiger partial charge in [0.1, 0.15) is 5.82 Å². The Morgan fingerprint density at radius 1 is 1.29 bits per heavy atom. The molecule has 4 heteroatoms. The normalized spacial score (nSPS) is 16.8. The minimum Gasteiger partial charge on any atom is -0.334 e. The molecule has 1 saturated heterocycles. The van der Waals surface area contributed by atoms with Gasteiger partial charge in [0.05, 0.1) is 6.54 Å². The van der Waals surface area contributed by atoms with Gasteiger partial charge in [-0.25, -0.2) is 4.98 Å². The summed E-state index contributed by atoms with van der Waals surface area (Å²) in [4.78, 5) is 6.92. The van der Waals surface area contributed by atoms with Crippen molar-refractivity contribution in [3.63, 3.8) is 0 Å². The van der Waals surface area contributed by atoms with E-state index in [-0.39, 0.29) is 0 Å². The molecule has 0 aliphatic carbocycles. The van der Waals surface area contributed by atoms with Crippen LogP contribution in [0.1, 0.15) is 32.0 Å². The van der Waals surface area contributed by atoms with Gasteiger partial charge in [-0.1, -0.05) is 6.92 Å². The van der Waals surface area contributed by atoms with Crippen molar-refractivity contribution in [2.75, 3.05) is 26.2 Å². The maximum Gasteiger partial charge on any atom is 0.122 e. The lowest BCUT2D eigenvalue weighted by Crippen LogP contribution is -2.30. The Bertz CT molecular complexity index is 315. The third-order valence-electron chi connectivity index (χ3n) is 3.35. The van der Waals surface area contributed by atoms with Gasteiger partial charge in [-0.2, -0.15) is 0 Å². The van der Waals surface area contributed by atoms with E-state index < -0.39 is 0 Å². The maximum atomic E-state index is 4.39. The molecule has 96 valence electrons. The summed E-state index contributed by atoms with van der Waals surface area (Å²) in [6.45, 7) is 8.97. The molecule has 1 N–H and O–H groups in total. The smallest absolute Gasteiger partial charge is 0.122 e. The SMILES string of the molecule is CCCn1ccnc1CNCCN1CCCC1. The molecular formula is C13H24N4. The Morgan fingerprint density at radius 2 is 2.12 bits per heavy atom. The van der Waals surface area contributed by atoms with Crippen molar-refractivity contribution in [3.05, 3.63) is 18.2 Å². The van der Waals surface area contributed by atoms with Crippen LogP contribution < -0.4 is 5.32 Å². The Morgan fingerprint density at radius 3 is 2.88 bits per heavy atom. The predicted octanol–water partition coefficient (Wildman–Crippen LogP) is 1.48. The van der Waals surface area contributed by atoms with Crippen molar-refractivity contribution in [3.8, 4) is 0 Å². The van der Waals surface area contributed by atoms with Crippen molar-refractivity contribution >= 4 is 0 Å². The largest absolute Gasteiger partial charge is 0.334 e. The van der Waals surface area contributed by atoms with Crippen LogP contribution >= 0.6 is 0 Å². The highest BCUT2D eigenvalue weighted by Crippen LogP contribution is 2.05. The summed E-state index contributed by atoms with van der Waals surface area (Å²) in [5, 5.41) is 3.49. The quantitative estimate of drug-likeness (QED) is 0.728. The van der Waals surface area contributed by atoms with E-state index in [4.69, 9.17) is 0 Å². The van der Waals surface area contributed by atoms with Crippen molar-refractivity contribution < 1.29 is 0 Å². The first-order valence-corrected chi connectivity index (χ1v) is 6.83. The summed E-state index contributed by atoms with van der Waals surface area (Å²) < 4.78 is 2.24. The van der Waals surface area contributed by atoms with Crippen LogP contribution in [-0.2, 0) is 13.1 Å². The molecule has 17 heavy (non-hydrogen) atoms. The molecular weight excluding hydrogens is 212 g/mol. The monoisotopic (exact) mass is 236 g/mol. The van der Waals surface area contributed by atoms with Crippen molar-refractivity contribution in [2.24, 2.45) is 0 Å². The third-order valence-corrected chi connectivity index (χ3v) is 3.35. The highest BCUT2D eigenvalue weighted by atomic mass is 15.2. The fourth-order valence-corrected chi connectivity index (χ4v) is 2.40. The van der Waals surface area contributed by atoms with E-state index >= 15 is 0 Å². The van der Waals surface area contributed by atoms with Gasteiger partial charge in [-0.15, -0.1) is 0 Å². The minimum absolute atomic E-state index is 0.890. The lowest BCUT2D eigenvalue weighted by molar-refractivity contribution is 0.334. The second kappa shape index (κ2) is 6.77. The van der Waals surface area contributed by atoms with E-state index in [0.29, 0.717) is 0 Å². The molecule has 0 amide bonds. The molecule has 0 bridgehead atoms. The summed E-state index contributed by atoms with van der Waals surface area (Å²) >= 11 is 0. The Hall–Kier alpha value is -0.870. The lowest BCUT2D eigenvalue weighted by Gasteiger charge is -2.14. The van der Waals surface area contributed by atoms with Crippen molar-refractivity contribution in [2.45, 2.75) is 39.3 Å². The first-order valence-electron chi connectivity index (χ1n) is 6.83. The lowest BCUT2D eigenvalue weighted by atomic mass is 10.4. The Kier molecular flexibility index (Phi) is 5.01. The van der Waals surface area contributed by atoms with Gasteiger partial charge in [0.25, 0.3) is 0 Å². The zero-order valence-electron chi connectivity index (χ0n) is 10.9. The van der Waals surface area contributed by atoms with Crippen LogP contribution in [0.4, 0.5) is 0 Å². The molecule has 0 radical (unpaired) electrons. The molecule has 1 fully saturated rings. The molecule has 0 saturated carbocycles. The van der Waals surface area contributed by atoms with Gasteiger partial charge in [0.2, 0.25) is 0 Å². The highest BCUT2D eigenvalue weighted by Gasteiger charge is 2.10. The third kappa shape index (κ3) is 3.82. The molecule has 4 nitrogen and oxygen atoms in total. The number of aryl methyl sites for hydroxylation is 1. The minimum atomic E-state index is 0.890. The zero-order valence-corrected chi connectivity index (χ0v) is 10.9. The highest BCUT2D eigenvalue weighted by molar-refractivity contribution is 4.91. The molecule has 2 heterocycles. The summed E-state index contributed by atoms with van der Waals surface area (Å²) in [6.07, 6.45) is 7.88. The van der Waals surface area contributed by atoms with Gasteiger partial charge < -0.3 is 14.8 Å². The van der Waals surface area contributed by atoms with Gasteiger partial charge >= 0.3 is 0 Å². The molecule has 0 aromatic carbocycles. The number of hydrogen-bond acceptors (Lipinski definition) is 3. The number of nitrogens with zero attached hydrogens (tertiary/aromatic N) is 3. The summed E-state index contributed by atoms with van der Waals surface area (Å²) in [5.41, 5.74) is 0. The number of nitrogens with one attached hydrogen (secondary N) is 1. The van der Waals surface area contributed by atoms with Crippen LogP contribution in [0.2, 0.25) is 0 Å². The first-order chi connectivity index (χ1) is 8.40. The van der Waals surface area contributed by atoms with Gasteiger partial charge in [0.15, 0.2) is 0 Å². The van der Waals surface area contributed by atoms with E-state index in [9.17, 15) is 0 Å². The molecule has 1 aliphatic heterocycles. The second-order valence-corrected chi connectivity index (χ2v) is 4.76. The molecule has 0 unspecified atom stereocenters. The summed E-state index contributed by atoms with van der Waals surface area (Å²) in [5.74, 6) is 1.16. The van der Waals surface area contributed by atoms with Crippen molar-refractivity contribution in [1.82, 2.24) is 19.8 Å². The predicted molar refractivity (Wildman–Crippen MR) is 69.9 cm³/mol. The second-order valence-electron chi connectivity index (χ2n) is 4.76. The summed E-state index contributed by atoms with van der Waals surface area (Å²) in [6, 6.07) is 0. The van der Waals surface area contributed by atoms with E-state index in [1.165, 1.54) is 32.5 Å². The molecule has 1 aliphatic rings. The fraction of sp³-hybridized carbons (Fsp3) is 0.769. The van der Waals surface area contributed by atoms with E-state index in [1.54, 1.807) is 0 Å². The Labute approximate surface area is 104 Å². The van der Waals surface area contributed by atoms with E-state index in [1.807, 2.05) is 6.20 Å². The number of rotatable bonds is 7. The molecule has 1 aromatic rings. The number of likely N-dealkylation sites (tertiary alicyclic amines) is 1. The molecule has 0 atom stereocenters. The number of imidazole rings is 1. The van der Waals surface area contributed by atoms with E-state index in [2.05, 4.69) is 32.9 Å². The van der Waals surface area contributed by atoms with Gasteiger partial charge in [0, 0.05) is 32.0 Å². The Balaban J connectivity index is 1.65. The van der Waals surface area contributed by atoms with Crippen molar-refractivity contribution in [1.29, 1.82) is 0 Å². The standard InChI is InChI=1S/C13H24N4/c1-2-7-17-11-6-15-13(17)12-14-5-10-16-8-3-4-9-16/h6,11,14H,2-5,7-10,12H2,1H3. The zero-order chi connectivity index (χ0) is 11.9. The number of hydrogen-bond donors (Lipinski definition) is 1. The summed E-state index contributed by atoms with van der Waals surface area (Å²) in [7, 11) is 0. The van der Waals surface area contributed by atoms with Crippen LogP contribution in [0.5, 0.6) is 0 Å². The topological polar surface area (TPSA) is 33.1 Å². The van der Waals surface area contributed by atoms with Crippen LogP contribution in [0.25, 0.3) is 0 Å². The average Bonchev–Trinajstić information content (AvgIpc) is 2.96. The van der Waals surface area contributed by atoms with Gasteiger partial charge in [-0.05, 0) is 32.4 Å². The molecule has 0 spiro atoms. The van der Waals surface area contributed by atoms with Crippen LogP contribution in [0, 0.1) is 0 Å². The first kappa shape index (κ1) is 12.6. The molecule has 1 aromatic heterocycles. The molecule has 2 rings (SSSR count). The van der Waals surface area contributed by atoms with Gasteiger partial charge in [-0.3, -0.25) is 0 Å². The van der Waals surface area contributed by atoms with Crippen LogP contribution in [0.3, 0.4) is 0 Å². The van der Waals surface area contributed by atoms with Crippen LogP contribution in [-0.4, -0.2) is 40.6 Å². The van der Waals surface area contributed by atoms with Crippen LogP contribution in [0.15, 0.2) is 12.4 Å².